The van der Waals surface area contributed by atoms with Crippen molar-refractivity contribution in [3.63, 3.8) is 0 Å². The average molecular weight is 508 g/mol. The second kappa shape index (κ2) is 10.8. The van der Waals surface area contributed by atoms with Crippen LogP contribution in [0.3, 0.4) is 0 Å². The van der Waals surface area contributed by atoms with Gasteiger partial charge in [-0.2, -0.15) is 26.3 Å². The van der Waals surface area contributed by atoms with Gasteiger partial charge in [0.15, 0.2) is 0 Å². The van der Waals surface area contributed by atoms with Crippen molar-refractivity contribution < 1.29 is 40.7 Å². The van der Waals surface area contributed by atoms with Crippen LogP contribution in [0.4, 0.5) is 26.3 Å². The maximum atomic E-state index is 13.0. The number of nitrogens with one attached hydrogen (secondary N) is 3. The Morgan fingerprint density at radius 2 is 1.54 bits per heavy atom. The van der Waals surface area contributed by atoms with E-state index in [2.05, 4.69) is 20.9 Å². The molecule has 0 aromatic heterocycles. The molecule has 7 nitrogen and oxygen atoms in total. The van der Waals surface area contributed by atoms with Crippen molar-refractivity contribution in [3.05, 3.63) is 34.9 Å². The Morgan fingerprint density at radius 3 is 2.06 bits per heavy atom. The second-order valence-electron chi connectivity index (χ2n) is 8.74. The molecule has 35 heavy (non-hydrogen) atoms. The second-order valence-corrected chi connectivity index (χ2v) is 8.74. The number of alkyl halides is 6. The number of benzene rings is 1. The summed E-state index contributed by atoms with van der Waals surface area (Å²) in [7, 11) is 0. The van der Waals surface area contributed by atoms with Gasteiger partial charge in [0.25, 0.3) is 5.91 Å². The molecule has 0 bridgehead atoms. The van der Waals surface area contributed by atoms with E-state index in [9.17, 15) is 40.7 Å². The quantitative estimate of drug-likeness (QED) is 0.494. The number of carbonyl (C=O) groups excluding carboxylic acids is 3. The van der Waals surface area contributed by atoms with Crippen LogP contribution in [0.15, 0.2) is 18.2 Å². The molecule has 0 radical (unpaired) electrons. The summed E-state index contributed by atoms with van der Waals surface area (Å²) >= 11 is 0. The number of hydrogen-bond donors (Lipinski definition) is 3. The molecule has 194 valence electrons. The van der Waals surface area contributed by atoms with Gasteiger partial charge in [0.2, 0.25) is 11.8 Å². The van der Waals surface area contributed by atoms with Gasteiger partial charge in [0.1, 0.15) is 6.04 Å². The maximum Gasteiger partial charge on any atom is 0.416 e. The Balaban J connectivity index is 1.44. The topological polar surface area (TPSA) is 90.5 Å². The van der Waals surface area contributed by atoms with E-state index in [4.69, 9.17) is 0 Å². The Morgan fingerprint density at radius 1 is 0.943 bits per heavy atom. The average Bonchev–Trinajstić information content (AvgIpc) is 3.23. The van der Waals surface area contributed by atoms with E-state index in [1.165, 1.54) is 0 Å². The van der Waals surface area contributed by atoms with Crippen LogP contribution in [-0.4, -0.2) is 61.4 Å². The number of likely N-dealkylation sites (tertiary alicyclic amines) is 1. The molecule has 2 aliphatic heterocycles. The molecule has 3 rings (SSSR count). The lowest BCUT2D eigenvalue weighted by molar-refractivity contribution is -0.143. The Labute approximate surface area is 197 Å². The molecule has 2 fully saturated rings. The minimum atomic E-state index is -5.02. The summed E-state index contributed by atoms with van der Waals surface area (Å²) < 4.78 is 78.0. The van der Waals surface area contributed by atoms with Gasteiger partial charge >= 0.3 is 12.4 Å². The predicted octanol–water partition coefficient (Wildman–Crippen LogP) is 2.56. The number of amides is 3. The van der Waals surface area contributed by atoms with Crippen molar-refractivity contribution in [1.29, 1.82) is 0 Å². The van der Waals surface area contributed by atoms with Crippen molar-refractivity contribution in [3.8, 4) is 0 Å². The lowest BCUT2D eigenvalue weighted by Gasteiger charge is -2.32. The zero-order valence-corrected chi connectivity index (χ0v) is 18.7. The lowest BCUT2D eigenvalue weighted by atomic mass is 9.96. The number of piperidine rings is 1. The molecule has 13 heteroatoms. The molecule has 3 N–H and O–H groups in total. The summed E-state index contributed by atoms with van der Waals surface area (Å²) in [5.74, 6) is -1.35. The molecule has 3 amide bonds. The first-order chi connectivity index (χ1) is 16.3. The molecular weight excluding hydrogens is 482 g/mol. The summed E-state index contributed by atoms with van der Waals surface area (Å²) in [6.45, 7) is 2.46. The predicted molar refractivity (Wildman–Crippen MR) is 112 cm³/mol. The van der Waals surface area contributed by atoms with Gasteiger partial charge < -0.3 is 20.9 Å². The first kappa shape index (κ1) is 26.8. The summed E-state index contributed by atoms with van der Waals surface area (Å²) in [4.78, 5) is 37.6. The highest BCUT2D eigenvalue weighted by Gasteiger charge is 2.37. The minimum Gasteiger partial charge on any atom is -0.353 e. The van der Waals surface area contributed by atoms with Crippen molar-refractivity contribution in [2.24, 2.45) is 5.92 Å². The number of hydrogen-bond acceptors (Lipinski definition) is 4. The van der Waals surface area contributed by atoms with Crippen LogP contribution in [0, 0.1) is 5.92 Å². The monoisotopic (exact) mass is 508 g/mol. The van der Waals surface area contributed by atoms with Gasteiger partial charge in [-0.05, 0) is 56.5 Å². The van der Waals surface area contributed by atoms with E-state index in [0.717, 1.165) is 0 Å². The van der Waals surface area contributed by atoms with E-state index in [-0.39, 0.29) is 30.3 Å². The van der Waals surface area contributed by atoms with E-state index in [1.807, 2.05) is 0 Å². The third kappa shape index (κ3) is 7.58. The van der Waals surface area contributed by atoms with Crippen LogP contribution in [0.25, 0.3) is 0 Å². The molecule has 0 unspecified atom stereocenters. The molecular formula is C22H26F6N4O3. The van der Waals surface area contributed by atoms with Crippen LogP contribution < -0.4 is 16.0 Å². The summed E-state index contributed by atoms with van der Waals surface area (Å²) in [5, 5.41) is 7.82. The maximum absolute atomic E-state index is 13.0. The smallest absolute Gasteiger partial charge is 0.353 e. The first-order valence-corrected chi connectivity index (χ1v) is 11.2. The number of carbonyl (C=O) groups is 3. The Bertz CT molecular complexity index is 910. The van der Waals surface area contributed by atoms with Gasteiger partial charge in [-0.3, -0.25) is 14.4 Å². The van der Waals surface area contributed by atoms with E-state index < -0.39 is 41.0 Å². The minimum absolute atomic E-state index is 0.0152. The molecule has 0 spiro atoms. The Hall–Kier alpha value is -2.83. The SMILES string of the molecule is O=C1CC[C@H](C(=O)NCCN2CCC(CNC(=O)c3cc(C(F)(F)F)cc(C(F)(F)F)c3)CC2)N1. The fraction of sp³-hybridized carbons (Fsp3) is 0.591. The standard InChI is InChI=1S/C22H26F6N4O3/c23-21(24,25)15-9-14(10-16(11-15)22(26,27)28)19(34)30-12-13-3-6-32(7-4-13)8-5-29-20(35)17-1-2-18(33)31-17/h9-11,13,17H,1-8,12H2,(H,29,35)(H,30,34)(H,31,33)/t17-/m1/s1. The van der Waals surface area contributed by atoms with E-state index in [1.54, 1.807) is 0 Å². The highest BCUT2D eigenvalue weighted by Crippen LogP contribution is 2.36. The van der Waals surface area contributed by atoms with Gasteiger partial charge in [0, 0.05) is 31.6 Å². The number of halogens is 6. The van der Waals surface area contributed by atoms with Gasteiger partial charge in [0.05, 0.1) is 11.1 Å². The molecule has 2 aliphatic rings. The highest BCUT2D eigenvalue weighted by molar-refractivity contribution is 5.94. The zero-order chi connectivity index (χ0) is 25.8. The summed E-state index contributed by atoms with van der Waals surface area (Å²) in [6, 6.07) is 0.316. The van der Waals surface area contributed by atoms with Crippen molar-refractivity contribution in [2.45, 2.75) is 44.1 Å². The molecule has 1 aromatic rings. The van der Waals surface area contributed by atoms with Crippen molar-refractivity contribution >= 4 is 17.7 Å². The fourth-order valence-corrected chi connectivity index (χ4v) is 4.11. The normalized spacial score (nSPS) is 19.9. The van der Waals surface area contributed by atoms with E-state index in [0.29, 0.717) is 64.0 Å². The summed E-state index contributed by atoms with van der Waals surface area (Å²) in [6.07, 6.45) is -7.90. The van der Waals surface area contributed by atoms with Crippen LogP contribution in [0.1, 0.15) is 47.2 Å². The van der Waals surface area contributed by atoms with E-state index >= 15 is 0 Å². The molecule has 2 saturated heterocycles. The Kier molecular flexibility index (Phi) is 8.29. The summed E-state index contributed by atoms with van der Waals surface area (Å²) in [5.41, 5.74) is -3.76. The van der Waals surface area contributed by atoms with Gasteiger partial charge in [-0.15, -0.1) is 0 Å². The fourth-order valence-electron chi connectivity index (χ4n) is 4.11. The third-order valence-corrected chi connectivity index (χ3v) is 6.15. The van der Waals surface area contributed by atoms with Crippen molar-refractivity contribution in [1.82, 2.24) is 20.9 Å². The molecule has 0 saturated carbocycles. The molecule has 2 heterocycles. The molecule has 1 aromatic carbocycles. The lowest BCUT2D eigenvalue weighted by Crippen LogP contribution is -2.45. The molecule has 0 aliphatic carbocycles. The molecule has 1 atom stereocenters. The largest absolute Gasteiger partial charge is 0.416 e. The zero-order valence-electron chi connectivity index (χ0n) is 18.7. The highest BCUT2D eigenvalue weighted by atomic mass is 19.4. The van der Waals surface area contributed by atoms with Crippen molar-refractivity contribution in [2.75, 3.05) is 32.7 Å². The first-order valence-electron chi connectivity index (χ1n) is 11.2. The van der Waals surface area contributed by atoms with Crippen LogP contribution in [0.5, 0.6) is 0 Å². The third-order valence-electron chi connectivity index (χ3n) is 6.15. The van der Waals surface area contributed by atoms with Crippen LogP contribution >= 0.6 is 0 Å². The van der Waals surface area contributed by atoms with Crippen LogP contribution in [0.2, 0.25) is 0 Å². The van der Waals surface area contributed by atoms with Gasteiger partial charge in [-0.25, -0.2) is 0 Å². The van der Waals surface area contributed by atoms with Crippen LogP contribution in [-0.2, 0) is 21.9 Å². The number of rotatable bonds is 7. The number of nitrogens with zero attached hydrogens (tertiary/aromatic N) is 1. The van der Waals surface area contributed by atoms with Gasteiger partial charge in [-0.1, -0.05) is 0 Å².